The molecule has 0 saturated heterocycles. The normalized spacial score (nSPS) is 10.6. The Morgan fingerprint density at radius 2 is 2.09 bits per heavy atom. The number of oxime groups is 1. The number of nitrogens with one attached hydrogen (secondary N) is 1. The van der Waals surface area contributed by atoms with Gasteiger partial charge in [0.05, 0.1) is 19.0 Å². The predicted molar refractivity (Wildman–Crippen MR) is 80.3 cm³/mol. The van der Waals surface area contributed by atoms with Crippen molar-refractivity contribution in [1.29, 1.82) is 0 Å². The fraction of sp³-hybridized carbons (Fsp3) is 0.200. The van der Waals surface area contributed by atoms with Crippen LogP contribution in [0.1, 0.15) is 27.6 Å². The topological polar surface area (TPSA) is 96.7 Å². The van der Waals surface area contributed by atoms with E-state index in [1.54, 1.807) is 14.0 Å². The second kappa shape index (κ2) is 7.16. The SMILES string of the molecule is COc1ccc(CNC(=O)c2cc(/C=N/O)nc(C)n2)cc1. The Kier molecular flexibility index (Phi) is 5.02. The molecule has 22 heavy (non-hydrogen) atoms. The van der Waals surface area contributed by atoms with E-state index < -0.39 is 0 Å². The van der Waals surface area contributed by atoms with Crippen molar-refractivity contribution in [3.63, 3.8) is 0 Å². The van der Waals surface area contributed by atoms with Crippen LogP contribution in [0.25, 0.3) is 0 Å². The van der Waals surface area contributed by atoms with Crippen molar-refractivity contribution in [3.05, 3.63) is 53.1 Å². The number of carbonyl (C=O) groups is 1. The Morgan fingerprint density at radius 3 is 2.73 bits per heavy atom. The van der Waals surface area contributed by atoms with Crippen LogP contribution in [0.3, 0.4) is 0 Å². The highest BCUT2D eigenvalue weighted by Crippen LogP contribution is 2.11. The highest BCUT2D eigenvalue weighted by Gasteiger charge is 2.09. The van der Waals surface area contributed by atoms with Gasteiger partial charge in [0.25, 0.3) is 5.91 Å². The average Bonchev–Trinajstić information content (AvgIpc) is 2.53. The van der Waals surface area contributed by atoms with E-state index in [0.29, 0.717) is 18.1 Å². The highest BCUT2D eigenvalue weighted by molar-refractivity contribution is 5.93. The summed E-state index contributed by atoms with van der Waals surface area (Å²) in [6.45, 7) is 2.03. The van der Waals surface area contributed by atoms with E-state index in [9.17, 15) is 4.79 Å². The summed E-state index contributed by atoms with van der Waals surface area (Å²) in [5.74, 6) is 0.857. The number of rotatable bonds is 5. The van der Waals surface area contributed by atoms with E-state index in [4.69, 9.17) is 9.94 Å². The summed E-state index contributed by atoms with van der Waals surface area (Å²) in [4.78, 5) is 20.2. The van der Waals surface area contributed by atoms with E-state index in [-0.39, 0.29) is 11.6 Å². The van der Waals surface area contributed by atoms with Gasteiger partial charge in [-0.15, -0.1) is 0 Å². The molecule has 0 aliphatic carbocycles. The summed E-state index contributed by atoms with van der Waals surface area (Å²) in [7, 11) is 1.60. The molecule has 0 unspecified atom stereocenters. The van der Waals surface area contributed by atoms with Gasteiger partial charge in [-0.1, -0.05) is 17.3 Å². The van der Waals surface area contributed by atoms with E-state index in [1.165, 1.54) is 6.07 Å². The zero-order chi connectivity index (χ0) is 15.9. The molecule has 0 atom stereocenters. The number of ether oxygens (including phenoxy) is 1. The van der Waals surface area contributed by atoms with Crippen LogP contribution < -0.4 is 10.1 Å². The molecule has 0 bridgehead atoms. The molecule has 0 aliphatic heterocycles. The molecule has 0 aliphatic rings. The standard InChI is InChI=1S/C15H16N4O3/c1-10-18-12(9-17-21)7-14(19-10)15(20)16-8-11-3-5-13(22-2)6-4-11/h3-7,9,21H,8H2,1-2H3,(H,16,20)/b17-9+. The average molecular weight is 300 g/mol. The summed E-state index contributed by atoms with van der Waals surface area (Å²) < 4.78 is 5.08. The highest BCUT2D eigenvalue weighted by atomic mass is 16.5. The van der Waals surface area contributed by atoms with Gasteiger partial charge < -0.3 is 15.3 Å². The third-order valence-corrected chi connectivity index (χ3v) is 2.89. The minimum Gasteiger partial charge on any atom is -0.497 e. The molecule has 1 heterocycles. The zero-order valence-electron chi connectivity index (χ0n) is 12.3. The number of benzene rings is 1. The lowest BCUT2D eigenvalue weighted by Gasteiger charge is -2.07. The quantitative estimate of drug-likeness (QED) is 0.496. The fourth-order valence-corrected chi connectivity index (χ4v) is 1.85. The van der Waals surface area contributed by atoms with Gasteiger partial charge in [0.1, 0.15) is 17.3 Å². The third kappa shape index (κ3) is 4.02. The van der Waals surface area contributed by atoms with Crippen molar-refractivity contribution < 1.29 is 14.7 Å². The van der Waals surface area contributed by atoms with Crippen LogP contribution in [0.5, 0.6) is 5.75 Å². The molecule has 7 nitrogen and oxygen atoms in total. The van der Waals surface area contributed by atoms with Crippen LogP contribution in [-0.2, 0) is 6.54 Å². The van der Waals surface area contributed by atoms with Gasteiger partial charge in [-0.2, -0.15) is 0 Å². The van der Waals surface area contributed by atoms with Gasteiger partial charge >= 0.3 is 0 Å². The Bertz CT molecular complexity index is 684. The molecule has 0 spiro atoms. The molecule has 0 saturated carbocycles. The Morgan fingerprint density at radius 1 is 1.36 bits per heavy atom. The fourth-order valence-electron chi connectivity index (χ4n) is 1.85. The molecule has 0 fully saturated rings. The van der Waals surface area contributed by atoms with Crippen molar-refractivity contribution in [2.45, 2.75) is 13.5 Å². The molecular formula is C15H16N4O3. The molecule has 2 aromatic rings. The van der Waals surface area contributed by atoms with Crippen LogP contribution in [-0.4, -0.2) is 34.4 Å². The lowest BCUT2D eigenvalue weighted by molar-refractivity contribution is 0.0945. The van der Waals surface area contributed by atoms with E-state index in [2.05, 4.69) is 20.4 Å². The van der Waals surface area contributed by atoms with Crippen molar-refractivity contribution in [2.24, 2.45) is 5.16 Å². The first-order chi connectivity index (χ1) is 10.6. The second-order valence-electron chi connectivity index (χ2n) is 4.50. The monoisotopic (exact) mass is 300 g/mol. The number of aryl methyl sites for hydroxylation is 1. The Labute approximate surface area is 127 Å². The maximum Gasteiger partial charge on any atom is 0.270 e. The zero-order valence-corrected chi connectivity index (χ0v) is 12.3. The smallest absolute Gasteiger partial charge is 0.270 e. The summed E-state index contributed by atoms with van der Waals surface area (Å²) in [5.41, 5.74) is 1.53. The minimum absolute atomic E-state index is 0.218. The first kappa shape index (κ1) is 15.4. The lowest BCUT2D eigenvalue weighted by Crippen LogP contribution is -2.24. The molecule has 2 N–H and O–H groups in total. The maximum absolute atomic E-state index is 12.1. The van der Waals surface area contributed by atoms with Gasteiger partial charge in [0.15, 0.2) is 0 Å². The van der Waals surface area contributed by atoms with Crippen LogP contribution in [0.2, 0.25) is 0 Å². The van der Waals surface area contributed by atoms with Crippen LogP contribution in [0, 0.1) is 6.92 Å². The summed E-state index contributed by atoms with van der Waals surface area (Å²) in [5, 5.41) is 14.2. The predicted octanol–water partition coefficient (Wildman–Crippen LogP) is 1.53. The Balaban J connectivity index is 2.05. The van der Waals surface area contributed by atoms with Crippen LogP contribution in [0.4, 0.5) is 0 Å². The molecule has 1 aromatic heterocycles. The summed E-state index contributed by atoms with van der Waals surface area (Å²) in [6, 6.07) is 8.84. The van der Waals surface area contributed by atoms with Gasteiger partial charge in [-0.25, -0.2) is 9.97 Å². The van der Waals surface area contributed by atoms with Crippen LogP contribution >= 0.6 is 0 Å². The molecule has 0 radical (unpaired) electrons. The number of carbonyl (C=O) groups excluding carboxylic acids is 1. The van der Waals surface area contributed by atoms with Gasteiger partial charge in [-0.3, -0.25) is 4.79 Å². The molecule has 2 rings (SSSR count). The molecular weight excluding hydrogens is 284 g/mol. The minimum atomic E-state index is -0.325. The lowest BCUT2D eigenvalue weighted by atomic mass is 10.2. The van der Waals surface area contributed by atoms with E-state index >= 15 is 0 Å². The van der Waals surface area contributed by atoms with Gasteiger partial charge in [0, 0.05) is 6.54 Å². The van der Waals surface area contributed by atoms with Gasteiger partial charge in [-0.05, 0) is 30.7 Å². The molecule has 114 valence electrons. The van der Waals surface area contributed by atoms with Gasteiger partial charge in [0.2, 0.25) is 0 Å². The number of hydrogen-bond donors (Lipinski definition) is 2. The maximum atomic E-state index is 12.1. The number of nitrogens with zero attached hydrogens (tertiary/aromatic N) is 3. The van der Waals surface area contributed by atoms with Crippen molar-refractivity contribution >= 4 is 12.1 Å². The Hall–Kier alpha value is -2.96. The molecule has 1 amide bonds. The first-order valence-electron chi connectivity index (χ1n) is 6.56. The summed E-state index contributed by atoms with van der Waals surface area (Å²) >= 11 is 0. The second-order valence-corrected chi connectivity index (χ2v) is 4.50. The number of aromatic nitrogens is 2. The third-order valence-electron chi connectivity index (χ3n) is 2.89. The van der Waals surface area contributed by atoms with Crippen molar-refractivity contribution in [2.75, 3.05) is 7.11 Å². The van der Waals surface area contributed by atoms with Crippen molar-refractivity contribution in [1.82, 2.24) is 15.3 Å². The first-order valence-corrected chi connectivity index (χ1v) is 6.56. The number of hydrogen-bond acceptors (Lipinski definition) is 6. The van der Waals surface area contributed by atoms with E-state index in [0.717, 1.165) is 17.5 Å². The number of amides is 1. The molecule has 7 heteroatoms. The molecule has 1 aromatic carbocycles. The largest absolute Gasteiger partial charge is 0.497 e. The summed E-state index contributed by atoms with van der Waals surface area (Å²) in [6.07, 6.45) is 1.15. The van der Waals surface area contributed by atoms with Crippen LogP contribution in [0.15, 0.2) is 35.5 Å². The number of methoxy groups -OCH3 is 1. The van der Waals surface area contributed by atoms with E-state index in [1.807, 2.05) is 24.3 Å². The van der Waals surface area contributed by atoms with Crippen molar-refractivity contribution in [3.8, 4) is 5.75 Å².